The molecule has 1 aliphatic heterocycles. The third-order valence-electron chi connectivity index (χ3n) is 6.04. The predicted molar refractivity (Wildman–Crippen MR) is 136 cm³/mol. The van der Waals surface area contributed by atoms with E-state index in [-0.39, 0.29) is 11.8 Å². The number of hydrogen-bond acceptors (Lipinski definition) is 5. The van der Waals surface area contributed by atoms with Gasteiger partial charge < -0.3 is 25.0 Å². The number of benzene rings is 3. The second-order valence-corrected chi connectivity index (χ2v) is 8.61. The van der Waals surface area contributed by atoms with Gasteiger partial charge in [0.1, 0.15) is 0 Å². The van der Waals surface area contributed by atoms with Crippen molar-refractivity contribution in [2.75, 3.05) is 32.6 Å². The fraction of sp³-hybridized carbons (Fsp3) is 0.286. The van der Waals surface area contributed by atoms with E-state index in [4.69, 9.17) is 9.47 Å². The third kappa shape index (κ3) is 6.00. The van der Waals surface area contributed by atoms with Crippen LogP contribution >= 0.6 is 0 Å². The summed E-state index contributed by atoms with van der Waals surface area (Å²) in [5.74, 6) is 0.685. The maximum absolute atomic E-state index is 12.9. The van der Waals surface area contributed by atoms with Gasteiger partial charge in [-0.05, 0) is 79.5 Å². The Balaban J connectivity index is 1.39. The highest BCUT2D eigenvalue weighted by molar-refractivity contribution is 6.04. The summed E-state index contributed by atoms with van der Waals surface area (Å²) >= 11 is 0. The van der Waals surface area contributed by atoms with E-state index in [1.807, 2.05) is 25.1 Å². The number of anilines is 1. The van der Waals surface area contributed by atoms with Crippen LogP contribution in [0.2, 0.25) is 0 Å². The molecule has 0 unspecified atom stereocenters. The molecule has 7 nitrogen and oxygen atoms in total. The Morgan fingerprint density at radius 1 is 0.943 bits per heavy atom. The van der Waals surface area contributed by atoms with Crippen LogP contribution in [0.4, 0.5) is 5.69 Å². The molecule has 1 aliphatic rings. The molecule has 35 heavy (non-hydrogen) atoms. The maximum atomic E-state index is 12.9. The molecule has 2 amide bonds. The summed E-state index contributed by atoms with van der Waals surface area (Å²) in [4.78, 5) is 27.8. The lowest BCUT2D eigenvalue weighted by Crippen LogP contribution is -2.26. The Morgan fingerprint density at radius 2 is 1.77 bits per heavy atom. The van der Waals surface area contributed by atoms with Gasteiger partial charge in [0.2, 0.25) is 0 Å². The summed E-state index contributed by atoms with van der Waals surface area (Å²) in [7, 11) is 3.66. The average Bonchev–Trinajstić information content (AvgIpc) is 2.87. The second-order valence-electron chi connectivity index (χ2n) is 8.61. The number of ether oxygens (including phenoxy) is 2. The number of rotatable bonds is 8. The fourth-order valence-corrected chi connectivity index (χ4v) is 4.17. The quantitative estimate of drug-likeness (QED) is 0.511. The molecule has 0 spiro atoms. The molecule has 3 aromatic rings. The Morgan fingerprint density at radius 3 is 2.57 bits per heavy atom. The van der Waals surface area contributed by atoms with Gasteiger partial charge in [-0.25, -0.2) is 0 Å². The number of carbonyl (C=O) groups excluding carboxylic acids is 2. The zero-order valence-electron chi connectivity index (χ0n) is 20.4. The highest BCUT2D eigenvalue weighted by Gasteiger charge is 2.15. The van der Waals surface area contributed by atoms with Crippen LogP contribution in [0, 0.1) is 0 Å². The number of nitrogens with zero attached hydrogens (tertiary/aromatic N) is 1. The molecule has 0 saturated carbocycles. The van der Waals surface area contributed by atoms with Crippen LogP contribution < -0.4 is 20.1 Å². The van der Waals surface area contributed by atoms with Crippen LogP contribution in [0.5, 0.6) is 11.5 Å². The van der Waals surface area contributed by atoms with Crippen molar-refractivity contribution in [3.63, 3.8) is 0 Å². The maximum Gasteiger partial charge on any atom is 0.255 e. The van der Waals surface area contributed by atoms with Gasteiger partial charge in [0, 0.05) is 36.4 Å². The molecule has 3 aromatic carbocycles. The number of likely N-dealkylation sites (N-methyl/N-ethyl adjacent to an activating group) is 1. The molecule has 0 fully saturated rings. The summed E-state index contributed by atoms with van der Waals surface area (Å²) < 4.78 is 10.8. The highest BCUT2D eigenvalue weighted by Crippen LogP contribution is 2.28. The van der Waals surface area contributed by atoms with E-state index in [1.54, 1.807) is 37.4 Å². The summed E-state index contributed by atoms with van der Waals surface area (Å²) in [6.07, 6.45) is 1.03. The molecule has 0 aliphatic carbocycles. The third-order valence-corrected chi connectivity index (χ3v) is 6.04. The van der Waals surface area contributed by atoms with Crippen molar-refractivity contribution in [1.29, 1.82) is 0 Å². The molecule has 0 atom stereocenters. The molecular weight excluding hydrogens is 442 g/mol. The van der Waals surface area contributed by atoms with Crippen molar-refractivity contribution in [3.05, 3.63) is 88.5 Å². The Kier molecular flexibility index (Phi) is 7.67. The Bertz CT molecular complexity index is 1220. The zero-order chi connectivity index (χ0) is 24.8. The van der Waals surface area contributed by atoms with E-state index >= 15 is 0 Å². The minimum Gasteiger partial charge on any atom is -0.493 e. The Labute approximate surface area is 206 Å². The van der Waals surface area contributed by atoms with E-state index in [9.17, 15) is 9.59 Å². The molecule has 0 radical (unpaired) electrons. The van der Waals surface area contributed by atoms with Crippen molar-refractivity contribution >= 4 is 17.5 Å². The van der Waals surface area contributed by atoms with E-state index < -0.39 is 0 Å². The van der Waals surface area contributed by atoms with Crippen LogP contribution in [0.25, 0.3) is 0 Å². The molecule has 0 saturated heterocycles. The molecule has 7 heteroatoms. The summed E-state index contributed by atoms with van der Waals surface area (Å²) in [6, 6.07) is 18.4. The van der Waals surface area contributed by atoms with Crippen LogP contribution in [0.15, 0.2) is 60.7 Å². The number of fused-ring (bicyclic) bond motifs is 1. The van der Waals surface area contributed by atoms with Gasteiger partial charge >= 0.3 is 0 Å². The van der Waals surface area contributed by atoms with Crippen LogP contribution in [-0.4, -0.2) is 44.0 Å². The summed E-state index contributed by atoms with van der Waals surface area (Å²) in [5.41, 5.74) is 5.21. The molecule has 182 valence electrons. The topological polar surface area (TPSA) is 79.9 Å². The van der Waals surface area contributed by atoms with Crippen molar-refractivity contribution in [3.8, 4) is 11.5 Å². The largest absolute Gasteiger partial charge is 0.493 e. The van der Waals surface area contributed by atoms with Crippen molar-refractivity contribution in [1.82, 2.24) is 10.2 Å². The standard InChI is InChI=1S/C28H31N3O4/c1-4-35-26-16-22(9-11-25(26)34-3)27(32)29-17-19-6-5-7-21(14-19)28(33)30-24-10-8-20-12-13-31(2)18-23(20)15-24/h5-11,14-16H,4,12-13,17-18H2,1-3H3,(H,29,32)(H,30,33). The van der Waals surface area contributed by atoms with Crippen LogP contribution in [0.3, 0.4) is 0 Å². The number of carbonyl (C=O) groups is 2. The van der Waals surface area contributed by atoms with E-state index in [2.05, 4.69) is 34.7 Å². The minimum atomic E-state index is -0.234. The monoisotopic (exact) mass is 473 g/mol. The van der Waals surface area contributed by atoms with Gasteiger partial charge in [0.15, 0.2) is 11.5 Å². The zero-order valence-corrected chi connectivity index (χ0v) is 20.4. The second kappa shape index (κ2) is 11.1. The van der Waals surface area contributed by atoms with Gasteiger partial charge in [0.25, 0.3) is 11.8 Å². The van der Waals surface area contributed by atoms with Gasteiger partial charge in [-0.1, -0.05) is 18.2 Å². The van der Waals surface area contributed by atoms with E-state index in [1.165, 1.54) is 11.1 Å². The molecular formula is C28H31N3O4. The van der Waals surface area contributed by atoms with Gasteiger partial charge in [0.05, 0.1) is 13.7 Å². The van der Waals surface area contributed by atoms with Gasteiger partial charge in [-0.2, -0.15) is 0 Å². The smallest absolute Gasteiger partial charge is 0.255 e. The molecule has 4 rings (SSSR count). The van der Waals surface area contributed by atoms with Crippen LogP contribution in [-0.2, 0) is 19.5 Å². The lowest BCUT2D eigenvalue weighted by Gasteiger charge is -2.25. The summed E-state index contributed by atoms with van der Waals surface area (Å²) in [5, 5.41) is 5.90. The first-order chi connectivity index (χ1) is 17.0. The predicted octanol–water partition coefficient (Wildman–Crippen LogP) is 4.26. The van der Waals surface area contributed by atoms with E-state index in [0.717, 1.165) is 30.8 Å². The Hall–Kier alpha value is -3.84. The van der Waals surface area contributed by atoms with Crippen molar-refractivity contribution in [2.45, 2.75) is 26.4 Å². The average molecular weight is 474 g/mol. The van der Waals surface area contributed by atoms with Gasteiger partial charge in [-0.3, -0.25) is 9.59 Å². The number of amides is 2. The SMILES string of the molecule is CCOc1cc(C(=O)NCc2cccc(C(=O)Nc3ccc4c(c3)CN(C)CC4)c2)ccc1OC. The van der Waals surface area contributed by atoms with Gasteiger partial charge in [-0.15, -0.1) is 0 Å². The molecule has 0 aromatic heterocycles. The molecule has 0 bridgehead atoms. The first-order valence-corrected chi connectivity index (χ1v) is 11.8. The summed E-state index contributed by atoms with van der Waals surface area (Å²) in [6.45, 7) is 4.57. The normalized spacial score (nSPS) is 13.0. The van der Waals surface area contributed by atoms with E-state index in [0.29, 0.717) is 35.8 Å². The number of hydrogen-bond donors (Lipinski definition) is 2. The molecule has 2 N–H and O–H groups in total. The lowest BCUT2D eigenvalue weighted by molar-refractivity contribution is 0.0950. The number of nitrogens with one attached hydrogen (secondary N) is 2. The first-order valence-electron chi connectivity index (χ1n) is 11.8. The van der Waals surface area contributed by atoms with Crippen molar-refractivity contribution < 1.29 is 19.1 Å². The van der Waals surface area contributed by atoms with Crippen molar-refractivity contribution in [2.24, 2.45) is 0 Å². The highest BCUT2D eigenvalue weighted by atomic mass is 16.5. The molecule has 1 heterocycles. The lowest BCUT2D eigenvalue weighted by atomic mass is 9.99. The van der Waals surface area contributed by atoms with Crippen LogP contribution in [0.1, 0.15) is 44.3 Å². The number of methoxy groups -OCH3 is 1. The minimum absolute atomic E-state index is 0.182. The fourth-order valence-electron chi connectivity index (χ4n) is 4.17. The first kappa shape index (κ1) is 24.3.